The number of nitrogens with two attached hydrogens (primary N) is 1. The number of rotatable bonds is 4. The Bertz CT molecular complexity index is 411. The Morgan fingerprint density at radius 2 is 1.83 bits per heavy atom. The summed E-state index contributed by atoms with van der Waals surface area (Å²) in [6, 6.07) is 5.80. The van der Waals surface area contributed by atoms with Gasteiger partial charge in [-0.3, -0.25) is 0 Å². The molecule has 0 fully saturated rings. The lowest BCUT2D eigenvalue weighted by Gasteiger charge is -2.36. The summed E-state index contributed by atoms with van der Waals surface area (Å²) in [4.78, 5) is 0. The maximum atomic E-state index is 6.16. The van der Waals surface area contributed by atoms with Crippen molar-refractivity contribution in [1.82, 2.24) is 0 Å². The smallest absolute Gasteiger partial charge is 0.192 e. The predicted octanol–water partition coefficient (Wildman–Crippen LogP) is 3.80. The predicted molar refractivity (Wildman–Crippen MR) is 79.4 cm³/mol. The fraction of sp³-hybridized carbons (Fsp3) is 0.571. The molecular weight excluding hydrogens is 242 g/mol. The molecule has 0 atom stereocenters. The Morgan fingerprint density at radius 3 is 2.33 bits per heavy atom. The lowest BCUT2D eigenvalue weighted by molar-refractivity contribution is 0.276. The molecular formula is C14H25NO2Si. The number of para-hydroxylation sites is 1. The zero-order valence-electron chi connectivity index (χ0n) is 12.3. The van der Waals surface area contributed by atoms with E-state index in [4.69, 9.17) is 14.9 Å². The molecule has 0 spiro atoms. The average molecular weight is 267 g/mol. The number of benzene rings is 1. The fourth-order valence-electron chi connectivity index (χ4n) is 1.37. The molecule has 0 aliphatic heterocycles. The monoisotopic (exact) mass is 267 g/mol. The molecule has 0 saturated carbocycles. The number of anilines is 1. The number of ether oxygens (including phenoxy) is 1. The Kier molecular flexibility index (Phi) is 4.45. The van der Waals surface area contributed by atoms with Gasteiger partial charge in [-0.2, -0.15) is 0 Å². The Morgan fingerprint density at radius 1 is 1.22 bits per heavy atom. The fourth-order valence-corrected chi connectivity index (χ4v) is 2.32. The van der Waals surface area contributed by atoms with E-state index < -0.39 is 8.32 Å². The van der Waals surface area contributed by atoms with Gasteiger partial charge in [-0.1, -0.05) is 32.9 Å². The number of nitrogen functional groups attached to an aromatic ring is 1. The molecule has 0 unspecified atom stereocenters. The van der Waals surface area contributed by atoms with Gasteiger partial charge in [-0.15, -0.1) is 0 Å². The quantitative estimate of drug-likeness (QED) is 0.666. The van der Waals surface area contributed by atoms with Gasteiger partial charge >= 0.3 is 0 Å². The molecule has 1 aromatic rings. The van der Waals surface area contributed by atoms with E-state index in [1.807, 2.05) is 18.2 Å². The van der Waals surface area contributed by atoms with Gasteiger partial charge in [0.15, 0.2) is 8.32 Å². The molecule has 3 nitrogen and oxygen atoms in total. The van der Waals surface area contributed by atoms with Gasteiger partial charge in [0.05, 0.1) is 19.4 Å². The van der Waals surface area contributed by atoms with Crippen LogP contribution in [0, 0.1) is 0 Å². The molecule has 0 aliphatic rings. The minimum atomic E-state index is -1.73. The molecule has 0 aliphatic carbocycles. The maximum Gasteiger partial charge on any atom is 0.192 e. The van der Waals surface area contributed by atoms with E-state index in [0.717, 1.165) is 5.56 Å². The van der Waals surface area contributed by atoms with Crippen LogP contribution < -0.4 is 10.5 Å². The topological polar surface area (TPSA) is 44.5 Å². The van der Waals surface area contributed by atoms with Crippen LogP contribution >= 0.6 is 0 Å². The maximum absolute atomic E-state index is 6.16. The van der Waals surface area contributed by atoms with Gasteiger partial charge < -0.3 is 14.9 Å². The Balaban J connectivity index is 2.82. The van der Waals surface area contributed by atoms with E-state index in [2.05, 4.69) is 33.9 Å². The zero-order valence-corrected chi connectivity index (χ0v) is 13.3. The summed E-state index contributed by atoms with van der Waals surface area (Å²) >= 11 is 0. The molecule has 18 heavy (non-hydrogen) atoms. The highest BCUT2D eigenvalue weighted by molar-refractivity contribution is 6.74. The van der Waals surface area contributed by atoms with Crippen molar-refractivity contribution >= 4 is 14.0 Å². The molecule has 102 valence electrons. The van der Waals surface area contributed by atoms with E-state index in [-0.39, 0.29) is 5.04 Å². The largest absolute Gasteiger partial charge is 0.495 e. The minimum absolute atomic E-state index is 0.209. The van der Waals surface area contributed by atoms with Crippen LogP contribution in [0.5, 0.6) is 5.75 Å². The first kappa shape index (κ1) is 15.1. The summed E-state index contributed by atoms with van der Waals surface area (Å²) in [5, 5.41) is 0.209. The first-order valence-corrected chi connectivity index (χ1v) is 9.15. The van der Waals surface area contributed by atoms with Crippen LogP contribution in [0.4, 0.5) is 5.69 Å². The van der Waals surface area contributed by atoms with E-state index >= 15 is 0 Å². The van der Waals surface area contributed by atoms with Gasteiger partial charge in [-0.05, 0) is 24.2 Å². The minimum Gasteiger partial charge on any atom is -0.495 e. The molecule has 0 radical (unpaired) electrons. The average Bonchev–Trinajstić information content (AvgIpc) is 2.26. The van der Waals surface area contributed by atoms with Crippen LogP contribution in [-0.4, -0.2) is 15.4 Å². The Hall–Kier alpha value is -1.00. The van der Waals surface area contributed by atoms with Crippen molar-refractivity contribution in [3.05, 3.63) is 23.8 Å². The van der Waals surface area contributed by atoms with E-state index in [1.165, 1.54) is 0 Å². The highest BCUT2D eigenvalue weighted by atomic mass is 28.4. The molecule has 2 N–H and O–H groups in total. The van der Waals surface area contributed by atoms with Crippen molar-refractivity contribution in [3.63, 3.8) is 0 Å². The van der Waals surface area contributed by atoms with Crippen LogP contribution in [0.1, 0.15) is 26.3 Å². The van der Waals surface area contributed by atoms with Gasteiger partial charge in [-0.25, -0.2) is 0 Å². The van der Waals surface area contributed by atoms with Crippen LogP contribution in [-0.2, 0) is 11.0 Å². The zero-order chi connectivity index (χ0) is 14.0. The van der Waals surface area contributed by atoms with Crippen molar-refractivity contribution in [2.24, 2.45) is 0 Å². The SMILES string of the molecule is COc1cccc(CO[Si](C)(C)C(C)(C)C)c1N. The molecule has 1 aromatic carbocycles. The van der Waals surface area contributed by atoms with E-state index in [9.17, 15) is 0 Å². The van der Waals surface area contributed by atoms with Crippen LogP contribution in [0.25, 0.3) is 0 Å². The second-order valence-corrected chi connectivity index (χ2v) is 10.9. The molecule has 1 rings (SSSR count). The van der Waals surface area contributed by atoms with Crippen LogP contribution in [0.2, 0.25) is 18.1 Å². The summed E-state index contributed by atoms with van der Waals surface area (Å²) in [5.41, 5.74) is 7.72. The van der Waals surface area contributed by atoms with Crippen molar-refractivity contribution < 1.29 is 9.16 Å². The summed E-state index contributed by atoms with van der Waals surface area (Å²) in [7, 11) is -0.105. The van der Waals surface area contributed by atoms with Crippen molar-refractivity contribution in [3.8, 4) is 5.75 Å². The highest BCUT2D eigenvalue weighted by Gasteiger charge is 2.37. The molecule has 0 saturated heterocycles. The number of methoxy groups -OCH3 is 1. The second-order valence-electron chi connectivity index (χ2n) is 6.08. The van der Waals surface area contributed by atoms with Gasteiger partial charge in [0.1, 0.15) is 5.75 Å². The van der Waals surface area contributed by atoms with Crippen LogP contribution in [0.15, 0.2) is 18.2 Å². The number of hydrogen-bond donors (Lipinski definition) is 1. The van der Waals surface area contributed by atoms with Crippen molar-refractivity contribution in [2.45, 2.75) is 45.5 Å². The third kappa shape index (κ3) is 3.27. The van der Waals surface area contributed by atoms with E-state index in [0.29, 0.717) is 18.0 Å². The standard InChI is InChI=1S/C14H25NO2Si/c1-14(2,3)18(5,6)17-10-11-8-7-9-12(16-4)13(11)15/h7-9H,10,15H2,1-6H3. The lowest BCUT2D eigenvalue weighted by atomic mass is 10.2. The normalized spacial score (nSPS) is 12.6. The third-order valence-electron chi connectivity index (χ3n) is 3.77. The summed E-state index contributed by atoms with van der Waals surface area (Å²) in [5.74, 6) is 0.714. The lowest BCUT2D eigenvalue weighted by Crippen LogP contribution is -2.40. The second kappa shape index (κ2) is 5.32. The van der Waals surface area contributed by atoms with Gasteiger partial charge in [0, 0.05) is 5.56 Å². The van der Waals surface area contributed by atoms with Crippen molar-refractivity contribution in [2.75, 3.05) is 12.8 Å². The molecule has 0 bridgehead atoms. The van der Waals surface area contributed by atoms with Crippen molar-refractivity contribution in [1.29, 1.82) is 0 Å². The van der Waals surface area contributed by atoms with Gasteiger partial charge in [0.25, 0.3) is 0 Å². The van der Waals surface area contributed by atoms with Crippen LogP contribution in [0.3, 0.4) is 0 Å². The molecule has 0 heterocycles. The first-order valence-electron chi connectivity index (χ1n) is 6.24. The molecule has 0 amide bonds. The first-order chi connectivity index (χ1) is 8.19. The summed E-state index contributed by atoms with van der Waals surface area (Å²) in [6.07, 6.45) is 0. The van der Waals surface area contributed by atoms with Gasteiger partial charge in [0.2, 0.25) is 0 Å². The number of hydrogen-bond acceptors (Lipinski definition) is 3. The Labute approximate surface area is 111 Å². The third-order valence-corrected chi connectivity index (χ3v) is 8.25. The molecule has 0 aromatic heterocycles. The molecule has 4 heteroatoms. The summed E-state index contributed by atoms with van der Waals surface area (Å²) < 4.78 is 11.4. The highest BCUT2D eigenvalue weighted by Crippen LogP contribution is 2.37. The van der Waals surface area contributed by atoms with E-state index in [1.54, 1.807) is 7.11 Å². The summed E-state index contributed by atoms with van der Waals surface area (Å²) in [6.45, 7) is 11.7.